The fourth-order valence-corrected chi connectivity index (χ4v) is 13.1. The molecule has 17 nitrogen and oxygen atoms in total. The van der Waals surface area contributed by atoms with Gasteiger partial charge in [0.05, 0.1) is 26.4 Å². The molecular weight excluding hydrogens is 1230 g/mol. The first-order valence-corrected chi connectivity index (χ1v) is 42.1. The minimum Gasteiger partial charge on any atom is -0.462 e. The third-order valence-corrected chi connectivity index (χ3v) is 19.4. The van der Waals surface area contributed by atoms with Crippen molar-refractivity contribution in [2.75, 3.05) is 39.6 Å². The number of phosphoric acid groups is 2. The van der Waals surface area contributed by atoms with Gasteiger partial charge in [-0.15, -0.1) is 0 Å². The van der Waals surface area contributed by atoms with E-state index < -0.39 is 97.5 Å². The van der Waals surface area contributed by atoms with Crippen LogP contribution in [-0.4, -0.2) is 96.7 Å². The maximum absolute atomic E-state index is 13.1. The molecule has 0 aliphatic heterocycles. The van der Waals surface area contributed by atoms with Crippen LogP contribution in [0, 0.1) is 5.92 Å². The van der Waals surface area contributed by atoms with Crippen molar-refractivity contribution in [2.24, 2.45) is 5.92 Å². The van der Waals surface area contributed by atoms with E-state index in [0.29, 0.717) is 31.6 Å². The lowest BCUT2D eigenvalue weighted by molar-refractivity contribution is -0.161. The van der Waals surface area contributed by atoms with E-state index >= 15 is 0 Å². The van der Waals surface area contributed by atoms with E-state index in [-0.39, 0.29) is 25.7 Å². The van der Waals surface area contributed by atoms with Crippen LogP contribution in [0.25, 0.3) is 0 Å². The summed E-state index contributed by atoms with van der Waals surface area (Å²) in [6.07, 6.45) is 57.1. The van der Waals surface area contributed by atoms with Crippen molar-refractivity contribution >= 4 is 39.5 Å². The van der Waals surface area contributed by atoms with Crippen molar-refractivity contribution in [3.63, 3.8) is 0 Å². The summed E-state index contributed by atoms with van der Waals surface area (Å²) in [7, 11) is -9.90. The summed E-state index contributed by atoms with van der Waals surface area (Å²) in [5.41, 5.74) is 0. The Bertz CT molecular complexity index is 1810. The number of unbranched alkanes of at least 4 members (excludes halogenated alkanes) is 47. The molecular formula is C75H146O17P2. The summed E-state index contributed by atoms with van der Waals surface area (Å²) in [5.74, 6) is -1.42. The number of phosphoric ester groups is 2. The van der Waals surface area contributed by atoms with Crippen molar-refractivity contribution in [1.29, 1.82) is 0 Å². The van der Waals surface area contributed by atoms with Crippen LogP contribution >= 0.6 is 15.6 Å². The van der Waals surface area contributed by atoms with Crippen molar-refractivity contribution in [3.05, 3.63) is 0 Å². The average molecular weight is 1380 g/mol. The Labute approximate surface area is 575 Å². The Kier molecular flexibility index (Phi) is 66.8. The second-order valence-electron chi connectivity index (χ2n) is 27.5. The van der Waals surface area contributed by atoms with Gasteiger partial charge in [-0.2, -0.15) is 0 Å². The van der Waals surface area contributed by atoms with Gasteiger partial charge >= 0.3 is 39.5 Å². The molecule has 0 rings (SSSR count). The quantitative estimate of drug-likeness (QED) is 0.0222. The summed E-state index contributed by atoms with van der Waals surface area (Å²) in [5, 5.41) is 10.6. The molecule has 94 heavy (non-hydrogen) atoms. The van der Waals surface area contributed by atoms with Gasteiger partial charge in [0.1, 0.15) is 19.3 Å². The first kappa shape index (κ1) is 92.1. The van der Waals surface area contributed by atoms with Crippen molar-refractivity contribution in [1.82, 2.24) is 0 Å². The minimum absolute atomic E-state index is 0.104. The minimum atomic E-state index is -4.95. The van der Waals surface area contributed by atoms with Crippen molar-refractivity contribution < 1.29 is 80.2 Å². The second kappa shape index (κ2) is 68.2. The molecule has 0 aromatic rings. The van der Waals surface area contributed by atoms with Crippen molar-refractivity contribution in [2.45, 2.75) is 412 Å². The number of esters is 4. The smallest absolute Gasteiger partial charge is 0.462 e. The molecule has 0 bridgehead atoms. The van der Waals surface area contributed by atoms with Gasteiger partial charge < -0.3 is 33.8 Å². The summed E-state index contributed by atoms with van der Waals surface area (Å²) < 4.78 is 68.4. The maximum Gasteiger partial charge on any atom is 0.472 e. The molecule has 0 saturated heterocycles. The number of aliphatic hydroxyl groups excluding tert-OH is 1. The molecule has 0 amide bonds. The van der Waals surface area contributed by atoms with Gasteiger partial charge in [-0.1, -0.05) is 343 Å². The first-order chi connectivity index (χ1) is 45.5. The maximum atomic E-state index is 13.1. The molecule has 0 aliphatic carbocycles. The van der Waals surface area contributed by atoms with Gasteiger partial charge in [0.15, 0.2) is 12.2 Å². The summed E-state index contributed by atoms with van der Waals surface area (Å²) >= 11 is 0. The fourth-order valence-electron chi connectivity index (χ4n) is 11.5. The molecule has 0 radical (unpaired) electrons. The van der Waals surface area contributed by atoms with Crippen LogP contribution in [0.5, 0.6) is 0 Å². The predicted molar refractivity (Wildman–Crippen MR) is 382 cm³/mol. The van der Waals surface area contributed by atoms with Crippen LogP contribution in [0.4, 0.5) is 0 Å². The van der Waals surface area contributed by atoms with E-state index in [1.165, 1.54) is 218 Å². The molecule has 3 N–H and O–H groups in total. The van der Waals surface area contributed by atoms with E-state index in [2.05, 4.69) is 34.6 Å². The lowest BCUT2D eigenvalue weighted by Crippen LogP contribution is -2.30. The van der Waals surface area contributed by atoms with Gasteiger partial charge in [0, 0.05) is 25.7 Å². The van der Waals surface area contributed by atoms with Gasteiger partial charge in [0.2, 0.25) is 0 Å². The Balaban J connectivity index is 5.17. The molecule has 0 saturated carbocycles. The van der Waals surface area contributed by atoms with Crippen LogP contribution in [0.3, 0.4) is 0 Å². The van der Waals surface area contributed by atoms with Crippen LogP contribution in [0.2, 0.25) is 0 Å². The topological polar surface area (TPSA) is 237 Å². The largest absolute Gasteiger partial charge is 0.472 e. The van der Waals surface area contributed by atoms with Crippen LogP contribution < -0.4 is 0 Å². The van der Waals surface area contributed by atoms with Crippen LogP contribution in [-0.2, 0) is 65.4 Å². The average Bonchev–Trinajstić information content (AvgIpc) is 2.28. The molecule has 0 aromatic carbocycles. The lowest BCUT2D eigenvalue weighted by Gasteiger charge is -2.21. The van der Waals surface area contributed by atoms with Gasteiger partial charge in [-0.25, -0.2) is 9.13 Å². The Morgan fingerprint density at radius 3 is 0.723 bits per heavy atom. The van der Waals surface area contributed by atoms with E-state index in [0.717, 1.165) is 89.9 Å². The normalized spacial score (nSPS) is 14.0. The standard InChI is InChI=1S/C75H146O17P2/c1-6-9-12-15-18-21-23-25-27-28-29-30-31-32-33-35-37-40-45-50-55-60-74(79)91-70(64-86-73(78)59-54-49-44-39-36-34-26-24-22-19-16-13-10-7-2)66-89-93(81,82)87-62-69(76)63-88-94(83,84)90-67-71(65-85-72(77)58-53-48-43-38-20-17-14-11-8-3)92-75(80)61-56-51-46-41-42-47-52-57-68(4)5/h68-71,76H,6-67H2,1-5H3,(H,81,82)(H,83,84)/t69-,70-,71-/m1/s1. The highest BCUT2D eigenvalue weighted by atomic mass is 31.2. The molecule has 0 aromatic heterocycles. The number of rotatable bonds is 75. The number of carbonyl (C=O) groups is 4. The van der Waals surface area contributed by atoms with E-state index in [9.17, 15) is 43.2 Å². The monoisotopic (exact) mass is 1380 g/mol. The lowest BCUT2D eigenvalue weighted by atomic mass is 10.0. The summed E-state index contributed by atoms with van der Waals surface area (Å²) in [6.45, 7) is 7.20. The molecule has 2 unspecified atom stereocenters. The highest BCUT2D eigenvalue weighted by molar-refractivity contribution is 7.47. The second-order valence-corrected chi connectivity index (χ2v) is 30.4. The number of carbonyl (C=O) groups excluding carboxylic acids is 4. The predicted octanol–water partition coefficient (Wildman–Crippen LogP) is 22.1. The van der Waals surface area contributed by atoms with Crippen LogP contribution in [0.15, 0.2) is 0 Å². The van der Waals surface area contributed by atoms with Gasteiger partial charge in [-0.3, -0.25) is 37.3 Å². The summed E-state index contributed by atoms with van der Waals surface area (Å²) in [4.78, 5) is 72.6. The van der Waals surface area contributed by atoms with Crippen molar-refractivity contribution in [3.8, 4) is 0 Å². The molecule has 558 valence electrons. The van der Waals surface area contributed by atoms with Gasteiger partial charge in [-0.05, 0) is 31.6 Å². The van der Waals surface area contributed by atoms with E-state index in [1.54, 1.807) is 0 Å². The third-order valence-electron chi connectivity index (χ3n) is 17.5. The van der Waals surface area contributed by atoms with E-state index in [1.807, 2.05) is 0 Å². The molecule has 0 spiro atoms. The molecule has 0 heterocycles. The highest BCUT2D eigenvalue weighted by Gasteiger charge is 2.30. The van der Waals surface area contributed by atoms with E-state index in [4.69, 9.17) is 37.0 Å². The third kappa shape index (κ3) is 68.6. The fraction of sp³-hybridized carbons (Fsp3) is 0.947. The number of hydrogen-bond acceptors (Lipinski definition) is 15. The highest BCUT2D eigenvalue weighted by Crippen LogP contribution is 2.45. The number of hydrogen-bond donors (Lipinski definition) is 3. The molecule has 5 atom stereocenters. The Hall–Kier alpha value is -1.94. The number of aliphatic hydroxyl groups is 1. The molecule has 19 heteroatoms. The first-order valence-electron chi connectivity index (χ1n) is 39.1. The zero-order valence-electron chi connectivity index (χ0n) is 61.1. The zero-order chi connectivity index (χ0) is 69.1. The SMILES string of the molecule is CCCCCCCCCCCCCCCCCCCCCCCC(=O)O[C@H](COC(=O)CCCCCCCCCCCCCCCC)COP(=O)(O)OC[C@@H](O)COP(=O)(O)OC[C@@H](COC(=O)CCCCCCCCCCC)OC(=O)CCCCCCCCCC(C)C. The zero-order valence-corrected chi connectivity index (χ0v) is 62.9. The number of ether oxygens (including phenoxy) is 4. The summed E-state index contributed by atoms with van der Waals surface area (Å²) in [6, 6.07) is 0. The molecule has 0 fully saturated rings. The Morgan fingerprint density at radius 1 is 0.287 bits per heavy atom. The van der Waals surface area contributed by atoms with Gasteiger partial charge in [0.25, 0.3) is 0 Å². The Morgan fingerprint density at radius 2 is 0.489 bits per heavy atom. The molecule has 0 aliphatic rings. The van der Waals surface area contributed by atoms with Crippen LogP contribution in [0.1, 0.15) is 394 Å².